The van der Waals surface area contributed by atoms with Crippen molar-refractivity contribution in [3.05, 3.63) is 58.4 Å². The lowest BCUT2D eigenvalue weighted by molar-refractivity contribution is 0.415. The monoisotopic (exact) mass is 345 g/mol. The van der Waals surface area contributed by atoms with Crippen molar-refractivity contribution in [3.63, 3.8) is 0 Å². The van der Waals surface area contributed by atoms with Crippen LogP contribution < -0.4 is 4.74 Å². The van der Waals surface area contributed by atoms with Gasteiger partial charge >= 0.3 is 0 Å². The standard InChI is InChI=1S/C16H12BrNOS/c1-19-12-6-4-5-11(9-12)15-10-20-16(18-15)13-7-2-3-8-14(13)17/h2-10H,1H3. The second-order valence-electron chi connectivity index (χ2n) is 4.25. The van der Waals surface area contributed by atoms with E-state index in [1.165, 1.54) is 0 Å². The number of benzene rings is 2. The predicted octanol–water partition coefficient (Wildman–Crippen LogP) is 5.25. The van der Waals surface area contributed by atoms with E-state index in [9.17, 15) is 0 Å². The van der Waals surface area contributed by atoms with Crippen LogP contribution in [0.2, 0.25) is 0 Å². The van der Waals surface area contributed by atoms with Crippen LogP contribution in [-0.4, -0.2) is 12.1 Å². The fraction of sp³-hybridized carbons (Fsp3) is 0.0625. The Hall–Kier alpha value is -1.65. The van der Waals surface area contributed by atoms with Crippen molar-refractivity contribution < 1.29 is 4.74 Å². The van der Waals surface area contributed by atoms with Gasteiger partial charge in [-0.15, -0.1) is 11.3 Å². The second-order valence-corrected chi connectivity index (χ2v) is 5.96. The molecule has 4 heteroatoms. The normalized spacial score (nSPS) is 10.5. The smallest absolute Gasteiger partial charge is 0.125 e. The molecule has 0 amide bonds. The third kappa shape index (κ3) is 2.62. The maximum Gasteiger partial charge on any atom is 0.125 e. The fourth-order valence-corrected chi connectivity index (χ4v) is 3.42. The Morgan fingerprint density at radius 2 is 1.95 bits per heavy atom. The Balaban J connectivity index is 2.00. The maximum atomic E-state index is 5.26. The molecular weight excluding hydrogens is 334 g/mol. The molecule has 0 spiro atoms. The number of halogens is 1. The highest BCUT2D eigenvalue weighted by molar-refractivity contribution is 9.10. The zero-order valence-corrected chi connectivity index (χ0v) is 13.2. The molecule has 0 atom stereocenters. The Labute approximate surface area is 130 Å². The number of thiazole rings is 1. The molecule has 3 aromatic rings. The van der Waals surface area contributed by atoms with Crippen molar-refractivity contribution in [3.8, 4) is 27.6 Å². The third-order valence-electron chi connectivity index (χ3n) is 2.97. The highest BCUT2D eigenvalue weighted by atomic mass is 79.9. The van der Waals surface area contributed by atoms with E-state index in [4.69, 9.17) is 9.72 Å². The molecule has 2 aromatic carbocycles. The molecule has 0 unspecified atom stereocenters. The van der Waals surface area contributed by atoms with Crippen molar-refractivity contribution in [1.82, 2.24) is 4.98 Å². The highest BCUT2D eigenvalue weighted by Gasteiger charge is 2.09. The average molecular weight is 346 g/mol. The van der Waals surface area contributed by atoms with E-state index >= 15 is 0 Å². The molecule has 3 rings (SSSR count). The largest absolute Gasteiger partial charge is 0.497 e. The summed E-state index contributed by atoms with van der Waals surface area (Å²) in [5, 5.41) is 3.08. The van der Waals surface area contributed by atoms with Crippen molar-refractivity contribution in [2.24, 2.45) is 0 Å². The number of aromatic nitrogens is 1. The van der Waals surface area contributed by atoms with Crippen LogP contribution in [0.3, 0.4) is 0 Å². The summed E-state index contributed by atoms with van der Waals surface area (Å²) in [5.74, 6) is 0.845. The number of nitrogens with zero attached hydrogens (tertiary/aromatic N) is 1. The first-order chi connectivity index (χ1) is 9.78. The van der Waals surface area contributed by atoms with Crippen molar-refractivity contribution in [2.45, 2.75) is 0 Å². The minimum absolute atomic E-state index is 0.845. The second kappa shape index (κ2) is 5.77. The SMILES string of the molecule is COc1cccc(-c2csc(-c3ccccc3Br)n2)c1. The van der Waals surface area contributed by atoms with Gasteiger partial charge < -0.3 is 4.74 Å². The molecular formula is C16H12BrNOS. The molecule has 100 valence electrons. The first-order valence-corrected chi connectivity index (χ1v) is 7.80. The maximum absolute atomic E-state index is 5.26. The van der Waals surface area contributed by atoms with Crippen molar-refractivity contribution in [1.29, 1.82) is 0 Å². The number of hydrogen-bond acceptors (Lipinski definition) is 3. The molecule has 0 saturated carbocycles. The third-order valence-corrected chi connectivity index (χ3v) is 4.54. The van der Waals surface area contributed by atoms with Crippen LogP contribution in [0.1, 0.15) is 0 Å². The Bertz CT molecular complexity index is 739. The summed E-state index contributed by atoms with van der Waals surface area (Å²) >= 11 is 5.21. The molecule has 20 heavy (non-hydrogen) atoms. The van der Waals surface area contributed by atoms with Crippen LogP contribution >= 0.6 is 27.3 Å². The van der Waals surface area contributed by atoms with Gasteiger partial charge in [0.1, 0.15) is 10.8 Å². The van der Waals surface area contributed by atoms with E-state index in [-0.39, 0.29) is 0 Å². The fourth-order valence-electron chi connectivity index (χ4n) is 1.95. The van der Waals surface area contributed by atoms with Crippen LogP contribution in [0.25, 0.3) is 21.8 Å². The summed E-state index contributed by atoms with van der Waals surface area (Å²) < 4.78 is 6.32. The van der Waals surface area contributed by atoms with E-state index in [0.717, 1.165) is 32.1 Å². The number of hydrogen-bond donors (Lipinski definition) is 0. The summed E-state index contributed by atoms with van der Waals surface area (Å²) in [6.45, 7) is 0. The van der Waals surface area contributed by atoms with Crippen molar-refractivity contribution >= 4 is 27.3 Å². The summed E-state index contributed by atoms with van der Waals surface area (Å²) in [4.78, 5) is 4.72. The van der Waals surface area contributed by atoms with E-state index in [1.54, 1.807) is 18.4 Å². The van der Waals surface area contributed by atoms with Gasteiger partial charge in [0.15, 0.2) is 0 Å². The minimum atomic E-state index is 0.845. The molecule has 2 nitrogen and oxygen atoms in total. The van der Waals surface area contributed by atoms with Crippen LogP contribution in [0.15, 0.2) is 58.4 Å². The summed E-state index contributed by atoms with van der Waals surface area (Å²) in [5.41, 5.74) is 3.16. The lowest BCUT2D eigenvalue weighted by Crippen LogP contribution is -1.84. The van der Waals surface area contributed by atoms with Crippen LogP contribution in [0.4, 0.5) is 0 Å². The van der Waals surface area contributed by atoms with Crippen molar-refractivity contribution in [2.75, 3.05) is 7.11 Å². The first-order valence-electron chi connectivity index (χ1n) is 6.13. The van der Waals surface area contributed by atoms with Gasteiger partial charge in [0.05, 0.1) is 12.8 Å². The Kier molecular flexibility index (Phi) is 3.85. The summed E-state index contributed by atoms with van der Waals surface area (Å²) in [6.07, 6.45) is 0. The number of methoxy groups -OCH3 is 1. The molecule has 0 saturated heterocycles. The zero-order valence-electron chi connectivity index (χ0n) is 10.8. The molecule has 0 aliphatic heterocycles. The topological polar surface area (TPSA) is 22.1 Å². The van der Waals surface area contributed by atoms with E-state index in [0.29, 0.717) is 0 Å². The average Bonchev–Trinajstić information content (AvgIpc) is 2.97. The van der Waals surface area contributed by atoms with Crippen LogP contribution in [0, 0.1) is 0 Å². The zero-order chi connectivity index (χ0) is 13.9. The number of rotatable bonds is 3. The van der Waals surface area contributed by atoms with Gasteiger partial charge in [0.25, 0.3) is 0 Å². The van der Waals surface area contributed by atoms with Gasteiger partial charge in [-0.3, -0.25) is 0 Å². The van der Waals surface area contributed by atoms with E-state index < -0.39 is 0 Å². The quantitative estimate of drug-likeness (QED) is 0.646. The van der Waals surface area contributed by atoms with Gasteiger partial charge in [-0.1, -0.05) is 46.3 Å². The lowest BCUT2D eigenvalue weighted by Gasteiger charge is -2.02. The molecule has 0 aliphatic carbocycles. The van der Waals surface area contributed by atoms with Gasteiger partial charge in [0, 0.05) is 21.0 Å². The lowest BCUT2D eigenvalue weighted by atomic mass is 10.1. The summed E-state index contributed by atoms with van der Waals surface area (Å²) in [6, 6.07) is 16.1. The molecule has 0 aliphatic rings. The first kappa shape index (κ1) is 13.3. The molecule has 0 bridgehead atoms. The van der Waals surface area contributed by atoms with E-state index in [1.807, 2.05) is 42.5 Å². The summed E-state index contributed by atoms with van der Waals surface area (Å²) in [7, 11) is 1.67. The molecule has 1 heterocycles. The van der Waals surface area contributed by atoms with Crippen LogP contribution in [-0.2, 0) is 0 Å². The van der Waals surface area contributed by atoms with Gasteiger partial charge in [-0.05, 0) is 18.2 Å². The molecule has 0 N–H and O–H groups in total. The highest BCUT2D eigenvalue weighted by Crippen LogP contribution is 2.33. The Morgan fingerprint density at radius 3 is 2.75 bits per heavy atom. The van der Waals surface area contributed by atoms with Gasteiger partial charge in [-0.2, -0.15) is 0 Å². The van der Waals surface area contributed by atoms with E-state index in [2.05, 4.69) is 27.4 Å². The van der Waals surface area contributed by atoms with Crippen LogP contribution in [0.5, 0.6) is 5.75 Å². The molecule has 0 radical (unpaired) electrons. The minimum Gasteiger partial charge on any atom is -0.497 e. The number of ether oxygens (including phenoxy) is 1. The predicted molar refractivity (Wildman–Crippen MR) is 87.2 cm³/mol. The van der Waals surface area contributed by atoms with Gasteiger partial charge in [0.2, 0.25) is 0 Å². The Morgan fingerprint density at radius 1 is 1.10 bits per heavy atom. The molecule has 1 aromatic heterocycles. The van der Waals surface area contributed by atoms with Gasteiger partial charge in [-0.25, -0.2) is 4.98 Å². The molecule has 0 fully saturated rings.